The van der Waals surface area contributed by atoms with Crippen molar-refractivity contribution in [1.82, 2.24) is 9.38 Å². The van der Waals surface area contributed by atoms with Gasteiger partial charge in [-0.25, -0.2) is 4.79 Å². The summed E-state index contributed by atoms with van der Waals surface area (Å²) in [6.45, 7) is 2.02. The molecule has 6 heteroatoms. The zero-order valence-electron chi connectivity index (χ0n) is 14.0. The summed E-state index contributed by atoms with van der Waals surface area (Å²) >= 11 is 3.39. The van der Waals surface area contributed by atoms with Crippen LogP contribution in [-0.2, 0) is 4.74 Å². The van der Waals surface area contributed by atoms with Gasteiger partial charge in [-0.2, -0.15) is 0 Å². The first-order valence-corrected chi connectivity index (χ1v) is 8.98. The molecule has 0 aliphatic rings. The fourth-order valence-electron chi connectivity index (χ4n) is 3.14. The number of fused-ring (bicyclic) bond motifs is 3. The van der Waals surface area contributed by atoms with Crippen molar-refractivity contribution in [3.63, 3.8) is 0 Å². The van der Waals surface area contributed by atoms with E-state index in [9.17, 15) is 9.59 Å². The first-order valence-electron chi connectivity index (χ1n) is 8.19. The van der Waals surface area contributed by atoms with Gasteiger partial charge in [-0.3, -0.25) is 4.79 Å². The van der Waals surface area contributed by atoms with E-state index < -0.39 is 5.97 Å². The molecule has 2 heterocycles. The van der Waals surface area contributed by atoms with Gasteiger partial charge in [0, 0.05) is 16.2 Å². The summed E-state index contributed by atoms with van der Waals surface area (Å²) < 4.78 is 7.89. The Labute approximate surface area is 157 Å². The lowest BCUT2D eigenvalue weighted by molar-refractivity contribution is 0.0529. The molecule has 0 unspecified atom stereocenters. The molecule has 1 N–H and O–H groups in total. The second-order valence-corrected chi connectivity index (χ2v) is 6.75. The number of benzene rings is 2. The number of H-pyrrole nitrogens is 1. The molecule has 0 bridgehead atoms. The number of halogens is 1. The third-order valence-electron chi connectivity index (χ3n) is 4.26. The van der Waals surface area contributed by atoms with Gasteiger partial charge >= 0.3 is 5.97 Å². The first kappa shape index (κ1) is 16.6. The standard InChI is InChI=1S/C20H15BrN2O3/c1-2-26-20(25)17-15(12-6-4-3-5-7-12)11-23-16-9-8-13(21)10-14(16)19(24)22-18(17)23/h3-11H,2H2,1H3,(H,22,24). The minimum atomic E-state index is -0.457. The number of esters is 1. The average molecular weight is 411 g/mol. The fraction of sp³-hybridized carbons (Fsp3) is 0.100. The number of ether oxygens (including phenoxy) is 1. The van der Waals surface area contributed by atoms with E-state index in [0.717, 1.165) is 21.1 Å². The molecule has 0 fully saturated rings. The van der Waals surface area contributed by atoms with Crippen molar-refractivity contribution in [2.24, 2.45) is 0 Å². The number of hydrogen-bond acceptors (Lipinski definition) is 3. The summed E-state index contributed by atoms with van der Waals surface area (Å²) in [5.74, 6) is -0.457. The van der Waals surface area contributed by atoms with Crippen molar-refractivity contribution >= 4 is 38.4 Å². The second kappa shape index (κ2) is 6.46. The number of aromatic amines is 1. The van der Waals surface area contributed by atoms with Crippen LogP contribution in [0.15, 0.2) is 64.0 Å². The average Bonchev–Trinajstić information content (AvgIpc) is 3.02. The van der Waals surface area contributed by atoms with E-state index in [1.165, 1.54) is 0 Å². The number of carbonyl (C=O) groups excluding carboxylic acids is 1. The van der Waals surface area contributed by atoms with Gasteiger partial charge < -0.3 is 14.1 Å². The Morgan fingerprint density at radius 2 is 1.96 bits per heavy atom. The molecule has 5 nitrogen and oxygen atoms in total. The van der Waals surface area contributed by atoms with Gasteiger partial charge in [-0.15, -0.1) is 0 Å². The van der Waals surface area contributed by atoms with Gasteiger partial charge in [0.1, 0.15) is 11.2 Å². The van der Waals surface area contributed by atoms with E-state index in [4.69, 9.17) is 4.74 Å². The Bertz CT molecular complexity index is 1190. The zero-order chi connectivity index (χ0) is 18.3. The Kier molecular flexibility index (Phi) is 4.12. The van der Waals surface area contributed by atoms with Gasteiger partial charge in [0.15, 0.2) is 0 Å². The van der Waals surface area contributed by atoms with Gasteiger partial charge in [0.2, 0.25) is 0 Å². The molecule has 0 saturated heterocycles. The lowest BCUT2D eigenvalue weighted by atomic mass is 10.0. The number of aromatic nitrogens is 2. The highest BCUT2D eigenvalue weighted by Crippen LogP contribution is 2.30. The molecule has 0 aliphatic heterocycles. The van der Waals surface area contributed by atoms with Gasteiger partial charge in [0.05, 0.1) is 17.5 Å². The van der Waals surface area contributed by atoms with Crippen LogP contribution in [0, 0.1) is 0 Å². The van der Waals surface area contributed by atoms with E-state index in [1.54, 1.807) is 13.0 Å². The molecule has 0 atom stereocenters. The molecule has 0 saturated carbocycles. The molecule has 2 aromatic heterocycles. The zero-order valence-corrected chi connectivity index (χ0v) is 15.5. The third kappa shape index (κ3) is 2.63. The van der Waals surface area contributed by atoms with Crippen molar-refractivity contribution in [2.45, 2.75) is 6.92 Å². The summed E-state index contributed by atoms with van der Waals surface area (Å²) in [5.41, 5.74) is 2.86. The summed E-state index contributed by atoms with van der Waals surface area (Å²) in [6.07, 6.45) is 1.86. The quantitative estimate of drug-likeness (QED) is 0.509. The van der Waals surface area contributed by atoms with Crippen LogP contribution in [0.4, 0.5) is 0 Å². The van der Waals surface area contributed by atoms with E-state index in [0.29, 0.717) is 16.6 Å². The predicted octanol–water partition coefficient (Wildman–Crippen LogP) is 4.39. The SMILES string of the molecule is CCOC(=O)c1c(-c2ccccc2)cn2c1[nH]c(=O)c1cc(Br)ccc12. The lowest BCUT2D eigenvalue weighted by Gasteiger charge is -2.05. The number of rotatable bonds is 3. The molecule has 0 spiro atoms. The maximum Gasteiger partial charge on any atom is 0.342 e. The van der Waals surface area contributed by atoms with Crippen molar-refractivity contribution in [3.8, 4) is 11.1 Å². The summed E-state index contributed by atoms with van der Waals surface area (Å²) in [6, 6.07) is 15.1. The second-order valence-electron chi connectivity index (χ2n) is 5.84. The third-order valence-corrected chi connectivity index (χ3v) is 4.76. The molecule has 130 valence electrons. The Morgan fingerprint density at radius 1 is 1.19 bits per heavy atom. The van der Waals surface area contributed by atoms with Crippen LogP contribution in [0.3, 0.4) is 0 Å². The molecule has 0 radical (unpaired) electrons. The van der Waals surface area contributed by atoms with Crippen LogP contribution in [0.25, 0.3) is 27.7 Å². The number of hydrogen-bond donors (Lipinski definition) is 1. The molecule has 26 heavy (non-hydrogen) atoms. The molecular formula is C20H15BrN2O3. The highest BCUT2D eigenvalue weighted by atomic mass is 79.9. The van der Waals surface area contributed by atoms with Crippen molar-refractivity contribution < 1.29 is 9.53 Å². The fourth-order valence-corrected chi connectivity index (χ4v) is 3.50. The van der Waals surface area contributed by atoms with Gasteiger partial charge in [0.25, 0.3) is 5.56 Å². The summed E-state index contributed by atoms with van der Waals surface area (Å²) in [5, 5.41) is 0.539. The molecule has 4 aromatic rings. The highest BCUT2D eigenvalue weighted by molar-refractivity contribution is 9.10. The van der Waals surface area contributed by atoms with Crippen LogP contribution in [-0.4, -0.2) is 22.0 Å². The van der Waals surface area contributed by atoms with Crippen LogP contribution in [0.1, 0.15) is 17.3 Å². The minimum absolute atomic E-state index is 0.253. The normalized spacial score (nSPS) is 11.2. The van der Waals surface area contributed by atoms with E-state index in [1.807, 2.05) is 53.1 Å². The Hall–Kier alpha value is -2.86. The molecule has 0 amide bonds. The van der Waals surface area contributed by atoms with E-state index in [-0.39, 0.29) is 12.2 Å². The first-order chi connectivity index (χ1) is 12.6. The van der Waals surface area contributed by atoms with E-state index in [2.05, 4.69) is 20.9 Å². The molecule has 4 rings (SSSR count). The van der Waals surface area contributed by atoms with Crippen molar-refractivity contribution in [3.05, 3.63) is 75.1 Å². The maximum absolute atomic E-state index is 12.7. The van der Waals surface area contributed by atoms with Gasteiger partial charge in [-0.05, 0) is 30.7 Å². The lowest BCUT2D eigenvalue weighted by Crippen LogP contribution is -2.12. The van der Waals surface area contributed by atoms with Crippen LogP contribution in [0.5, 0.6) is 0 Å². The largest absolute Gasteiger partial charge is 0.462 e. The van der Waals surface area contributed by atoms with Crippen LogP contribution in [0.2, 0.25) is 0 Å². The number of nitrogens with zero attached hydrogens (tertiary/aromatic N) is 1. The Morgan fingerprint density at radius 3 is 2.69 bits per heavy atom. The smallest absolute Gasteiger partial charge is 0.342 e. The van der Waals surface area contributed by atoms with Crippen LogP contribution < -0.4 is 5.56 Å². The van der Waals surface area contributed by atoms with Crippen molar-refractivity contribution in [2.75, 3.05) is 6.61 Å². The molecule has 0 aliphatic carbocycles. The van der Waals surface area contributed by atoms with Gasteiger partial charge in [-0.1, -0.05) is 46.3 Å². The molecule has 2 aromatic carbocycles. The predicted molar refractivity (Wildman–Crippen MR) is 105 cm³/mol. The Balaban J connectivity index is 2.14. The van der Waals surface area contributed by atoms with Crippen molar-refractivity contribution in [1.29, 1.82) is 0 Å². The monoisotopic (exact) mass is 410 g/mol. The molecular weight excluding hydrogens is 396 g/mol. The van der Waals surface area contributed by atoms with Crippen LogP contribution >= 0.6 is 15.9 Å². The number of carbonyl (C=O) groups is 1. The summed E-state index contributed by atoms with van der Waals surface area (Å²) in [7, 11) is 0. The minimum Gasteiger partial charge on any atom is -0.462 e. The maximum atomic E-state index is 12.7. The number of nitrogens with one attached hydrogen (secondary N) is 1. The summed E-state index contributed by atoms with van der Waals surface area (Å²) in [4.78, 5) is 28.1. The highest BCUT2D eigenvalue weighted by Gasteiger charge is 2.22. The van der Waals surface area contributed by atoms with E-state index >= 15 is 0 Å². The topological polar surface area (TPSA) is 63.6 Å².